The number of benzene rings is 2. The van der Waals surface area contributed by atoms with Gasteiger partial charge in [-0.15, -0.1) is 0 Å². The second-order valence-electron chi connectivity index (χ2n) is 5.99. The number of hydrogen-bond donors (Lipinski definition) is 1. The number of ether oxygens (including phenoxy) is 2. The minimum atomic E-state index is -1.10. The van der Waals surface area contributed by atoms with Crippen LogP contribution in [-0.2, 0) is 9.53 Å². The summed E-state index contributed by atoms with van der Waals surface area (Å²) in [6, 6.07) is 12.6. The second-order valence-corrected chi connectivity index (χ2v) is 5.99. The number of rotatable bonds is 6. The standard InChI is InChI=1S/C20H18FN3O4/c1-12(19(22)25)28-20(26)17-11-24(15-8-6-14(21)7-9-15)23-18(17)13-4-3-5-16(10-13)27-2/h3-12H,1-2H3,(H2,22,25). The molecule has 1 unspecified atom stereocenters. The van der Waals surface area contributed by atoms with Crippen molar-refractivity contribution in [3.63, 3.8) is 0 Å². The summed E-state index contributed by atoms with van der Waals surface area (Å²) in [4.78, 5) is 23.9. The number of carbonyl (C=O) groups excluding carboxylic acids is 2. The van der Waals surface area contributed by atoms with E-state index in [1.165, 1.54) is 49.2 Å². The molecule has 2 aromatic carbocycles. The van der Waals surface area contributed by atoms with Crippen LogP contribution in [-0.4, -0.2) is 34.9 Å². The van der Waals surface area contributed by atoms with E-state index in [0.29, 0.717) is 22.7 Å². The molecule has 0 aliphatic rings. The van der Waals surface area contributed by atoms with Crippen molar-refractivity contribution in [2.75, 3.05) is 7.11 Å². The summed E-state index contributed by atoms with van der Waals surface area (Å²) >= 11 is 0. The third-order valence-electron chi connectivity index (χ3n) is 4.05. The van der Waals surface area contributed by atoms with Crippen molar-refractivity contribution in [2.45, 2.75) is 13.0 Å². The summed E-state index contributed by atoms with van der Waals surface area (Å²) in [5, 5.41) is 4.45. The molecule has 2 N–H and O–H groups in total. The molecule has 0 aliphatic carbocycles. The molecular weight excluding hydrogens is 365 g/mol. The maximum Gasteiger partial charge on any atom is 0.342 e. The lowest BCUT2D eigenvalue weighted by atomic mass is 10.1. The van der Waals surface area contributed by atoms with Gasteiger partial charge in [0.2, 0.25) is 0 Å². The van der Waals surface area contributed by atoms with Gasteiger partial charge in [-0.3, -0.25) is 4.79 Å². The number of aromatic nitrogens is 2. The molecule has 1 amide bonds. The Labute approximate surface area is 160 Å². The normalized spacial score (nSPS) is 11.7. The van der Waals surface area contributed by atoms with Crippen molar-refractivity contribution in [1.82, 2.24) is 9.78 Å². The summed E-state index contributed by atoms with van der Waals surface area (Å²) in [6.45, 7) is 1.38. The summed E-state index contributed by atoms with van der Waals surface area (Å²) in [5.41, 5.74) is 6.78. The molecule has 0 bridgehead atoms. The van der Waals surface area contributed by atoms with E-state index in [2.05, 4.69) is 5.10 Å². The molecule has 7 nitrogen and oxygen atoms in total. The Morgan fingerprint density at radius 1 is 1.18 bits per heavy atom. The zero-order valence-corrected chi connectivity index (χ0v) is 15.3. The highest BCUT2D eigenvalue weighted by Gasteiger charge is 2.23. The zero-order chi connectivity index (χ0) is 20.3. The maximum absolute atomic E-state index is 13.2. The lowest BCUT2D eigenvalue weighted by Crippen LogP contribution is -2.30. The van der Waals surface area contributed by atoms with E-state index < -0.39 is 18.0 Å². The van der Waals surface area contributed by atoms with Crippen LogP contribution in [0.3, 0.4) is 0 Å². The smallest absolute Gasteiger partial charge is 0.342 e. The number of hydrogen-bond acceptors (Lipinski definition) is 5. The van der Waals surface area contributed by atoms with E-state index >= 15 is 0 Å². The van der Waals surface area contributed by atoms with Crippen molar-refractivity contribution in [1.29, 1.82) is 0 Å². The highest BCUT2D eigenvalue weighted by atomic mass is 19.1. The molecule has 0 aliphatic heterocycles. The van der Waals surface area contributed by atoms with Gasteiger partial charge in [-0.1, -0.05) is 12.1 Å². The van der Waals surface area contributed by atoms with Crippen molar-refractivity contribution in [2.24, 2.45) is 5.73 Å². The first-order valence-corrected chi connectivity index (χ1v) is 8.39. The molecule has 0 fully saturated rings. The number of nitrogens with zero attached hydrogens (tertiary/aromatic N) is 2. The average Bonchev–Trinajstić information content (AvgIpc) is 3.14. The van der Waals surface area contributed by atoms with Gasteiger partial charge in [0, 0.05) is 11.8 Å². The van der Waals surface area contributed by atoms with Gasteiger partial charge in [0.25, 0.3) is 5.91 Å². The fourth-order valence-electron chi connectivity index (χ4n) is 2.52. The van der Waals surface area contributed by atoms with Crippen LogP contribution in [0.4, 0.5) is 4.39 Å². The van der Waals surface area contributed by atoms with Crippen LogP contribution < -0.4 is 10.5 Å². The molecule has 0 saturated carbocycles. The predicted molar refractivity (Wildman–Crippen MR) is 99.6 cm³/mol. The number of esters is 1. The SMILES string of the molecule is COc1cccc(-c2nn(-c3ccc(F)cc3)cc2C(=O)OC(C)C(N)=O)c1. The van der Waals surface area contributed by atoms with Crippen LogP contribution in [0, 0.1) is 5.82 Å². The quantitative estimate of drug-likeness (QED) is 0.660. The fraction of sp³-hybridized carbons (Fsp3) is 0.150. The lowest BCUT2D eigenvalue weighted by Gasteiger charge is -2.09. The first kappa shape index (κ1) is 19.1. The molecule has 0 spiro atoms. The third-order valence-corrected chi connectivity index (χ3v) is 4.05. The first-order valence-electron chi connectivity index (χ1n) is 8.39. The van der Waals surface area contributed by atoms with Gasteiger partial charge in [0.1, 0.15) is 22.8 Å². The molecule has 1 atom stereocenters. The molecule has 1 aromatic heterocycles. The van der Waals surface area contributed by atoms with Crippen LogP contribution in [0.15, 0.2) is 54.7 Å². The van der Waals surface area contributed by atoms with Gasteiger partial charge in [-0.05, 0) is 43.3 Å². The summed E-state index contributed by atoms with van der Waals surface area (Å²) < 4.78 is 25.0. The Bertz CT molecular complexity index is 1010. The highest BCUT2D eigenvalue weighted by Crippen LogP contribution is 2.27. The minimum Gasteiger partial charge on any atom is -0.497 e. The van der Waals surface area contributed by atoms with E-state index in [4.69, 9.17) is 15.2 Å². The Morgan fingerprint density at radius 2 is 1.89 bits per heavy atom. The van der Waals surface area contributed by atoms with Crippen molar-refractivity contribution in [3.05, 3.63) is 66.1 Å². The first-order chi connectivity index (χ1) is 13.4. The number of halogens is 1. The lowest BCUT2D eigenvalue weighted by molar-refractivity contribution is -0.125. The molecule has 3 aromatic rings. The topological polar surface area (TPSA) is 96.4 Å². The van der Waals surface area contributed by atoms with E-state index in [0.717, 1.165) is 0 Å². The van der Waals surface area contributed by atoms with Gasteiger partial charge in [0.05, 0.1) is 12.8 Å². The van der Waals surface area contributed by atoms with Crippen LogP contribution in [0.25, 0.3) is 16.9 Å². The molecule has 3 rings (SSSR count). The Balaban J connectivity index is 2.08. The van der Waals surface area contributed by atoms with Crippen LogP contribution in [0.1, 0.15) is 17.3 Å². The Hall–Kier alpha value is -3.68. The zero-order valence-electron chi connectivity index (χ0n) is 15.3. The third kappa shape index (κ3) is 4.01. The van der Waals surface area contributed by atoms with Crippen molar-refractivity contribution >= 4 is 11.9 Å². The predicted octanol–water partition coefficient (Wildman–Crippen LogP) is 2.72. The second kappa shape index (κ2) is 7.91. The number of nitrogens with two attached hydrogens (primary N) is 1. The van der Waals surface area contributed by atoms with E-state index in [1.807, 2.05) is 0 Å². The van der Waals surface area contributed by atoms with E-state index in [-0.39, 0.29) is 11.4 Å². The molecule has 144 valence electrons. The van der Waals surface area contributed by atoms with Crippen LogP contribution >= 0.6 is 0 Å². The minimum absolute atomic E-state index is 0.130. The number of amides is 1. The Kier molecular flexibility index (Phi) is 5.39. The van der Waals surface area contributed by atoms with Gasteiger partial charge >= 0.3 is 5.97 Å². The van der Waals surface area contributed by atoms with Crippen LogP contribution in [0.2, 0.25) is 0 Å². The largest absolute Gasteiger partial charge is 0.497 e. The highest BCUT2D eigenvalue weighted by molar-refractivity contribution is 5.97. The summed E-state index contributed by atoms with van der Waals surface area (Å²) in [6.07, 6.45) is 0.359. The van der Waals surface area contributed by atoms with E-state index in [1.54, 1.807) is 24.3 Å². The number of primary amides is 1. The summed E-state index contributed by atoms with van der Waals surface area (Å²) in [5.74, 6) is -1.32. The molecule has 1 heterocycles. The molecule has 0 saturated heterocycles. The van der Waals surface area contributed by atoms with Gasteiger partial charge in [-0.2, -0.15) is 5.10 Å². The Morgan fingerprint density at radius 3 is 2.54 bits per heavy atom. The molecule has 28 heavy (non-hydrogen) atoms. The van der Waals surface area contributed by atoms with Gasteiger partial charge in [0.15, 0.2) is 6.10 Å². The van der Waals surface area contributed by atoms with Crippen molar-refractivity contribution in [3.8, 4) is 22.7 Å². The maximum atomic E-state index is 13.2. The van der Waals surface area contributed by atoms with Crippen LogP contribution in [0.5, 0.6) is 5.75 Å². The average molecular weight is 383 g/mol. The molecule has 8 heteroatoms. The monoisotopic (exact) mass is 383 g/mol. The number of methoxy groups -OCH3 is 1. The van der Waals surface area contributed by atoms with Gasteiger partial charge in [-0.25, -0.2) is 13.9 Å². The van der Waals surface area contributed by atoms with Crippen molar-refractivity contribution < 1.29 is 23.5 Å². The number of carbonyl (C=O) groups is 2. The molecule has 0 radical (unpaired) electrons. The van der Waals surface area contributed by atoms with E-state index in [9.17, 15) is 14.0 Å². The fourth-order valence-corrected chi connectivity index (χ4v) is 2.52. The molecular formula is C20H18FN3O4. The summed E-state index contributed by atoms with van der Waals surface area (Å²) in [7, 11) is 1.53. The van der Waals surface area contributed by atoms with Gasteiger partial charge < -0.3 is 15.2 Å².